The van der Waals surface area contributed by atoms with Crippen LogP contribution >= 0.6 is 11.6 Å². The molecule has 86 valence electrons. The molecule has 0 atom stereocenters. The molecule has 1 aromatic rings. The summed E-state index contributed by atoms with van der Waals surface area (Å²) in [5.74, 6) is 0.166. The Morgan fingerprint density at radius 3 is 2.81 bits per heavy atom. The fraction of sp³-hybridized carbons (Fsp3) is 0.273. The first-order valence-corrected chi connectivity index (χ1v) is 5.18. The molecular weight excluding hydrogens is 228 g/mol. The van der Waals surface area contributed by atoms with E-state index in [1.54, 1.807) is 12.1 Å². The topological polar surface area (TPSA) is 51.2 Å². The van der Waals surface area contributed by atoms with Crippen LogP contribution in [0.2, 0.25) is 5.15 Å². The molecule has 0 saturated carbocycles. The third-order valence-electron chi connectivity index (χ3n) is 1.92. The average molecular weight is 241 g/mol. The van der Waals surface area contributed by atoms with E-state index in [1.807, 2.05) is 6.92 Å². The Bertz CT molecular complexity index is 418. The van der Waals surface area contributed by atoms with E-state index in [0.717, 1.165) is 0 Å². The number of hydrogen-bond acceptors (Lipinski definition) is 3. The molecule has 0 fully saturated rings. The Kier molecular flexibility index (Phi) is 4.31. The van der Waals surface area contributed by atoms with Gasteiger partial charge in [-0.25, -0.2) is 4.98 Å². The van der Waals surface area contributed by atoms with Crippen molar-refractivity contribution in [3.63, 3.8) is 0 Å². The normalized spacial score (nSPS) is 9.69. The molecule has 1 heterocycles. The molecule has 0 aliphatic carbocycles. The third-order valence-corrected chi connectivity index (χ3v) is 2.21. The Morgan fingerprint density at radius 2 is 2.31 bits per heavy atom. The molecule has 0 aliphatic heterocycles. The molecule has 0 aliphatic rings. The van der Waals surface area contributed by atoms with Gasteiger partial charge in [0.05, 0.1) is 12.2 Å². The first-order chi connectivity index (χ1) is 7.60. The van der Waals surface area contributed by atoms with Crippen LogP contribution in [0.25, 0.3) is 5.76 Å². The monoisotopic (exact) mass is 240 g/mol. The number of carbonyl (C=O) groups excluding carboxylic acids is 1. The number of nitrogens with zero attached hydrogens (tertiary/aromatic N) is 1. The Hall–Kier alpha value is -1.55. The quantitative estimate of drug-likeness (QED) is 0.648. The molecule has 0 radical (unpaired) electrons. The highest BCUT2D eigenvalue weighted by molar-refractivity contribution is 6.32. The van der Waals surface area contributed by atoms with Gasteiger partial charge in [-0.15, -0.1) is 0 Å². The molecular formula is C11H13ClN2O2. The van der Waals surface area contributed by atoms with Gasteiger partial charge in [-0.3, -0.25) is 4.79 Å². The summed E-state index contributed by atoms with van der Waals surface area (Å²) >= 11 is 5.88. The van der Waals surface area contributed by atoms with E-state index in [9.17, 15) is 4.79 Å². The van der Waals surface area contributed by atoms with E-state index in [4.69, 9.17) is 16.3 Å². The van der Waals surface area contributed by atoms with Crippen LogP contribution in [0.3, 0.4) is 0 Å². The fourth-order valence-electron chi connectivity index (χ4n) is 1.14. The van der Waals surface area contributed by atoms with Crippen LogP contribution in [-0.4, -0.2) is 24.5 Å². The van der Waals surface area contributed by atoms with Gasteiger partial charge in [-0.05, 0) is 19.1 Å². The molecule has 0 spiro atoms. The van der Waals surface area contributed by atoms with E-state index in [-0.39, 0.29) is 11.1 Å². The maximum atomic E-state index is 11.4. The smallest absolute Gasteiger partial charge is 0.254 e. The lowest BCUT2D eigenvalue weighted by Gasteiger charge is -2.08. The minimum atomic E-state index is -0.272. The second kappa shape index (κ2) is 5.51. The lowest BCUT2D eigenvalue weighted by atomic mass is 10.2. The minimum Gasteiger partial charge on any atom is -0.492 e. The van der Waals surface area contributed by atoms with Crippen LogP contribution in [-0.2, 0) is 4.74 Å². The number of ether oxygens (including phenoxy) is 1. The summed E-state index contributed by atoms with van der Waals surface area (Å²) in [6.07, 6.45) is 0. The molecule has 1 rings (SSSR count). The summed E-state index contributed by atoms with van der Waals surface area (Å²) in [4.78, 5) is 15.4. The van der Waals surface area contributed by atoms with E-state index in [2.05, 4.69) is 16.9 Å². The van der Waals surface area contributed by atoms with Gasteiger partial charge in [0.1, 0.15) is 16.6 Å². The van der Waals surface area contributed by atoms with Gasteiger partial charge >= 0.3 is 0 Å². The molecule has 0 saturated heterocycles. The van der Waals surface area contributed by atoms with Gasteiger partial charge in [-0.2, -0.15) is 0 Å². The zero-order valence-corrected chi connectivity index (χ0v) is 9.97. The highest BCUT2D eigenvalue weighted by atomic mass is 35.5. The van der Waals surface area contributed by atoms with E-state index >= 15 is 0 Å². The first kappa shape index (κ1) is 12.5. The summed E-state index contributed by atoms with van der Waals surface area (Å²) in [7, 11) is 1.53. The van der Waals surface area contributed by atoms with Crippen molar-refractivity contribution in [2.24, 2.45) is 0 Å². The Balaban J connectivity index is 2.99. The number of rotatable bonds is 4. The van der Waals surface area contributed by atoms with Crippen LogP contribution in [0.1, 0.15) is 23.0 Å². The molecule has 5 heteroatoms. The van der Waals surface area contributed by atoms with Crippen molar-refractivity contribution in [3.8, 4) is 0 Å². The maximum absolute atomic E-state index is 11.4. The summed E-state index contributed by atoms with van der Waals surface area (Å²) in [6.45, 7) is 6.07. The summed E-state index contributed by atoms with van der Waals surface area (Å²) in [6, 6.07) is 3.24. The standard InChI is InChI=1S/C11H13ClN2O2/c1-4-16-7(2)9-6-5-8(10(12)14-9)11(15)13-3/h5-6H,2,4H2,1,3H3,(H,13,15). The Labute approximate surface area is 99.3 Å². The maximum Gasteiger partial charge on any atom is 0.254 e. The lowest BCUT2D eigenvalue weighted by Crippen LogP contribution is -2.18. The molecule has 0 bridgehead atoms. The zero-order chi connectivity index (χ0) is 12.1. The second-order valence-electron chi connectivity index (χ2n) is 2.97. The largest absolute Gasteiger partial charge is 0.492 e. The molecule has 0 aromatic carbocycles. The van der Waals surface area contributed by atoms with E-state index in [0.29, 0.717) is 23.6 Å². The second-order valence-corrected chi connectivity index (χ2v) is 3.33. The van der Waals surface area contributed by atoms with Gasteiger partial charge in [0.2, 0.25) is 0 Å². The highest BCUT2D eigenvalue weighted by Gasteiger charge is 2.11. The molecule has 1 N–H and O–H groups in total. The summed E-state index contributed by atoms with van der Waals surface area (Å²) < 4.78 is 5.19. The van der Waals surface area contributed by atoms with Crippen LogP contribution in [0, 0.1) is 0 Å². The van der Waals surface area contributed by atoms with Gasteiger partial charge in [0, 0.05) is 7.05 Å². The number of nitrogens with one attached hydrogen (secondary N) is 1. The van der Waals surface area contributed by atoms with Gasteiger partial charge in [-0.1, -0.05) is 18.2 Å². The highest BCUT2D eigenvalue weighted by Crippen LogP contribution is 2.18. The lowest BCUT2D eigenvalue weighted by molar-refractivity contribution is 0.0963. The predicted molar refractivity (Wildman–Crippen MR) is 63.3 cm³/mol. The number of amides is 1. The van der Waals surface area contributed by atoms with Crippen molar-refractivity contribution < 1.29 is 9.53 Å². The summed E-state index contributed by atoms with van der Waals surface area (Å²) in [5, 5.41) is 2.62. The van der Waals surface area contributed by atoms with Crippen molar-refractivity contribution >= 4 is 23.3 Å². The molecule has 1 aromatic heterocycles. The van der Waals surface area contributed by atoms with Crippen molar-refractivity contribution in [2.45, 2.75) is 6.92 Å². The molecule has 1 amide bonds. The molecule has 16 heavy (non-hydrogen) atoms. The number of hydrogen-bond donors (Lipinski definition) is 1. The van der Waals surface area contributed by atoms with Gasteiger partial charge in [0.25, 0.3) is 5.91 Å². The van der Waals surface area contributed by atoms with Crippen molar-refractivity contribution in [2.75, 3.05) is 13.7 Å². The number of halogens is 1. The van der Waals surface area contributed by atoms with E-state index in [1.165, 1.54) is 7.05 Å². The van der Waals surface area contributed by atoms with Gasteiger partial charge < -0.3 is 10.1 Å². The minimum absolute atomic E-state index is 0.137. The van der Waals surface area contributed by atoms with Crippen LogP contribution < -0.4 is 5.32 Å². The first-order valence-electron chi connectivity index (χ1n) is 4.80. The Morgan fingerprint density at radius 1 is 1.62 bits per heavy atom. The number of carbonyl (C=O) groups is 1. The van der Waals surface area contributed by atoms with Crippen LogP contribution in [0.4, 0.5) is 0 Å². The van der Waals surface area contributed by atoms with Crippen molar-refractivity contribution in [1.29, 1.82) is 0 Å². The molecule has 4 nitrogen and oxygen atoms in total. The number of aromatic nitrogens is 1. The van der Waals surface area contributed by atoms with Crippen molar-refractivity contribution in [1.82, 2.24) is 10.3 Å². The van der Waals surface area contributed by atoms with Crippen LogP contribution in [0.15, 0.2) is 18.7 Å². The summed E-state index contributed by atoms with van der Waals surface area (Å²) in [5.41, 5.74) is 0.858. The number of pyridine rings is 1. The van der Waals surface area contributed by atoms with Gasteiger partial charge in [0.15, 0.2) is 0 Å². The average Bonchev–Trinajstić information content (AvgIpc) is 2.28. The van der Waals surface area contributed by atoms with Crippen LogP contribution in [0.5, 0.6) is 0 Å². The SMILES string of the molecule is C=C(OCC)c1ccc(C(=O)NC)c(Cl)n1. The van der Waals surface area contributed by atoms with E-state index < -0.39 is 0 Å². The third kappa shape index (κ3) is 2.73. The zero-order valence-electron chi connectivity index (χ0n) is 9.21. The molecule has 0 unspecified atom stereocenters. The van der Waals surface area contributed by atoms with Crippen molar-refractivity contribution in [3.05, 3.63) is 35.1 Å². The predicted octanol–water partition coefficient (Wildman–Crippen LogP) is 2.10. The fourth-order valence-corrected chi connectivity index (χ4v) is 1.38.